The SMILES string of the molecule is COCCN(CCC#N)Cc1nnc(N)s1. The van der Waals surface area contributed by atoms with Gasteiger partial charge < -0.3 is 10.5 Å². The fraction of sp³-hybridized carbons (Fsp3) is 0.667. The molecule has 0 aliphatic carbocycles. The average Bonchev–Trinajstić information content (AvgIpc) is 2.68. The smallest absolute Gasteiger partial charge is 0.203 e. The highest BCUT2D eigenvalue weighted by Crippen LogP contribution is 2.13. The summed E-state index contributed by atoms with van der Waals surface area (Å²) in [7, 11) is 1.66. The second-order valence-corrected chi connectivity index (χ2v) is 4.30. The van der Waals surface area contributed by atoms with Crippen molar-refractivity contribution < 1.29 is 4.74 Å². The van der Waals surface area contributed by atoms with Gasteiger partial charge in [-0.2, -0.15) is 5.26 Å². The summed E-state index contributed by atoms with van der Waals surface area (Å²) >= 11 is 1.37. The Morgan fingerprint density at radius 1 is 1.50 bits per heavy atom. The molecule has 0 radical (unpaired) electrons. The first-order valence-corrected chi connectivity index (χ1v) is 5.74. The van der Waals surface area contributed by atoms with E-state index in [0.29, 0.717) is 31.2 Å². The Morgan fingerprint density at radius 2 is 2.31 bits per heavy atom. The Hall–Kier alpha value is -1.23. The number of nitrogen functional groups attached to an aromatic ring is 1. The summed E-state index contributed by atoms with van der Waals surface area (Å²) in [4.78, 5) is 2.10. The monoisotopic (exact) mass is 241 g/mol. The van der Waals surface area contributed by atoms with Gasteiger partial charge in [0.05, 0.1) is 19.2 Å². The lowest BCUT2D eigenvalue weighted by Crippen LogP contribution is -2.27. The maximum atomic E-state index is 8.56. The van der Waals surface area contributed by atoms with Gasteiger partial charge in [0.1, 0.15) is 5.01 Å². The summed E-state index contributed by atoms with van der Waals surface area (Å²) in [6.45, 7) is 2.79. The van der Waals surface area contributed by atoms with Crippen molar-refractivity contribution in [2.45, 2.75) is 13.0 Å². The van der Waals surface area contributed by atoms with E-state index in [2.05, 4.69) is 21.2 Å². The third kappa shape index (κ3) is 4.53. The topological polar surface area (TPSA) is 88.1 Å². The number of hydrogen-bond acceptors (Lipinski definition) is 7. The van der Waals surface area contributed by atoms with E-state index < -0.39 is 0 Å². The minimum Gasteiger partial charge on any atom is -0.383 e. The summed E-state index contributed by atoms with van der Waals surface area (Å²) in [5, 5.41) is 17.6. The molecule has 2 N–H and O–H groups in total. The van der Waals surface area contributed by atoms with E-state index in [0.717, 1.165) is 11.6 Å². The fourth-order valence-electron chi connectivity index (χ4n) is 1.22. The molecule has 1 rings (SSSR count). The number of aromatic nitrogens is 2. The molecule has 0 bridgehead atoms. The van der Waals surface area contributed by atoms with Crippen molar-refractivity contribution >= 4 is 16.5 Å². The molecule has 0 unspecified atom stereocenters. The zero-order valence-corrected chi connectivity index (χ0v) is 10.0. The van der Waals surface area contributed by atoms with Crippen molar-refractivity contribution in [2.75, 3.05) is 32.5 Å². The summed E-state index contributed by atoms with van der Waals surface area (Å²) in [6, 6.07) is 2.13. The van der Waals surface area contributed by atoms with E-state index >= 15 is 0 Å². The van der Waals surface area contributed by atoms with Crippen molar-refractivity contribution in [2.24, 2.45) is 0 Å². The van der Waals surface area contributed by atoms with Gasteiger partial charge in [-0.3, -0.25) is 4.90 Å². The number of hydrogen-bond donors (Lipinski definition) is 1. The Morgan fingerprint density at radius 3 is 2.88 bits per heavy atom. The third-order valence-electron chi connectivity index (χ3n) is 1.99. The van der Waals surface area contributed by atoms with Crippen LogP contribution in [0, 0.1) is 11.3 Å². The number of anilines is 1. The lowest BCUT2D eigenvalue weighted by Gasteiger charge is -2.18. The van der Waals surface area contributed by atoms with Gasteiger partial charge in [0, 0.05) is 26.6 Å². The first-order chi connectivity index (χ1) is 7.76. The highest BCUT2D eigenvalue weighted by Gasteiger charge is 2.09. The number of nitrogens with two attached hydrogens (primary N) is 1. The van der Waals surface area contributed by atoms with Crippen molar-refractivity contribution in [3.63, 3.8) is 0 Å². The standard InChI is InChI=1S/C9H15N5OS/c1-15-6-5-14(4-2-3-10)7-8-12-13-9(11)16-8/h2,4-7H2,1H3,(H2,11,13). The van der Waals surface area contributed by atoms with Crippen LogP contribution >= 0.6 is 11.3 Å². The number of nitrogens with zero attached hydrogens (tertiary/aromatic N) is 4. The van der Waals surface area contributed by atoms with Crippen molar-refractivity contribution in [1.29, 1.82) is 5.26 Å². The molecule has 1 aromatic rings. The van der Waals surface area contributed by atoms with Crippen LogP contribution in [0.4, 0.5) is 5.13 Å². The van der Waals surface area contributed by atoms with Gasteiger partial charge in [-0.15, -0.1) is 10.2 Å². The molecule has 0 spiro atoms. The molecule has 1 aromatic heterocycles. The molecular formula is C9H15N5OS. The van der Waals surface area contributed by atoms with Crippen LogP contribution < -0.4 is 5.73 Å². The van der Waals surface area contributed by atoms with Crippen LogP contribution in [0.3, 0.4) is 0 Å². The molecule has 0 saturated heterocycles. The van der Waals surface area contributed by atoms with Gasteiger partial charge in [-0.25, -0.2) is 0 Å². The average molecular weight is 241 g/mol. The minimum absolute atomic E-state index is 0.474. The molecule has 0 aliphatic heterocycles. The predicted molar refractivity (Wildman–Crippen MR) is 61.7 cm³/mol. The summed E-state index contributed by atoms with van der Waals surface area (Å²) in [5.74, 6) is 0. The van der Waals surface area contributed by atoms with E-state index in [9.17, 15) is 0 Å². The number of nitriles is 1. The van der Waals surface area contributed by atoms with Crippen LogP contribution in [0.1, 0.15) is 11.4 Å². The van der Waals surface area contributed by atoms with Gasteiger partial charge in [0.2, 0.25) is 5.13 Å². The normalized spacial score (nSPS) is 10.6. The van der Waals surface area contributed by atoms with Gasteiger partial charge in [0.15, 0.2) is 0 Å². The quantitative estimate of drug-likeness (QED) is 0.747. The zero-order chi connectivity index (χ0) is 11.8. The zero-order valence-electron chi connectivity index (χ0n) is 9.22. The van der Waals surface area contributed by atoms with Crippen LogP contribution in [0.2, 0.25) is 0 Å². The Balaban J connectivity index is 2.45. The number of methoxy groups -OCH3 is 1. The van der Waals surface area contributed by atoms with E-state index in [1.165, 1.54) is 11.3 Å². The molecule has 0 fully saturated rings. The molecule has 6 nitrogen and oxygen atoms in total. The van der Waals surface area contributed by atoms with Crippen LogP contribution in [0.5, 0.6) is 0 Å². The first-order valence-electron chi connectivity index (χ1n) is 4.92. The fourth-order valence-corrected chi connectivity index (χ4v) is 1.87. The van der Waals surface area contributed by atoms with Gasteiger partial charge >= 0.3 is 0 Å². The van der Waals surface area contributed by atoms with Crippen LogP contribution in [-0.2, 0) is 11.3 Å². The largest absolute Gasteiger partial charge is 0.383 e. The van der Waals surface area contributed by atoms with E-state index in [4.69, 9.17) is 15.7 Å². The van der Waals surface area contributed by atoms with Gasteiger partial charge in [-0.1, -0.05) is 11.3 Å². The number of ether oxygens (including phenoxy) is 1. The van der Waals surface area contributed by atoms with E-state index in [-0.39, 0.29) is 0 Å². The molecule has 0 aromatic carbocycles. The second kappa shape index (κ2) is 7.11. The van der Waals surface area contributed by atoms with Crippen LogP contribution in [0.15, 0.2) is 0 Å². The number of rotatable bonds is 7. The molecule has 0 aliphatic rings. The lowest BCUT2D eigenvalue weighted by molar-refractivity contribution is 0.145. The second-order valence-electron chi connectivity index (χ2n) is 3.21. The Kier molecular flexibility index (Phi) is 5.71. The van der Waals surface area contributed by atoms with E-state index in [1.807, 2.05) is 0 Å². The maximum absolute atomic E-state index is 8.56. The molecule has 0 amide bonds. The first kappa shape index (κ1) is 12.8. The third-order valence-corrected chi connectivity index (χ3v) is 2.73. The van der Waals surface area contributed by atoms with Crippen molar-refractivity contribution in [1.82, 2.24) is 15.1 Å². The van der Waals surface area contributed by atoms with Crippen LogP contribution in [-0.4, -0.2) is 41.9 Å². The highest BCUT2D eigenvalue weighted by molar-refractivity contribution is 7.15. The van der Waals surface area contributed by atoms with Crippen molar-refractivity contribution in [3.8, 4) is 6.07 Å². The van der Waals surface area contributed by atoms with E-state index in [1.54, 1.807) is 7.11 Å². The summed E-state index contributed by atoms with van der Waals surface area (Å²) in [6.07, 6.45) is 0.498. The molecule has 0 atom stereocenters. The van der Waals surface area contributed by atoms with Gasteiger partial charge in [-0.05, 0) is 0 Å². The highest BCUT2D eigenvalue weighted by atomic mass is 32.1. The summed E-state index contributed by atoms with van der Waals surface area (Å²) in [5.41, 5.74) is 5.50. The Bertz CT molecular complexity index is 348. The molecule has 7 heteroatoms. The molecule has 1 heterocycles. The minimum atomic E-state index is 0.474. The van der Waals surface area contributed by atoms with Crippen LogP contribution in [0.25, 0.3) is 0 Å². The molecular weight excluding hydrogens is 226 g/mol. The lowest BCUT2D eigenvalue weighted by atomic mass is 10.4. The van der Waals surface area contributed by atoms with Crippen molar-refractivity contribution in [3.05, 3.63) is 5.01 Å². The molecule has 16 heavy (non-hydrogen) atoms. The summed E-state index contributed by atoms with van der Waals surface area (Å²) < 4.78 is 5.01. The predicted octanol–water partition coefficient (Wildman–Crippen LogP) is 0.482. The molecule has 0 saturated carbocycles. The van der Waals surface area contributed by atoms with Gasteiger partial charge in [0.25, 0.3) is 0 Å². The maximum Gasteiger partial charge on any atom is 0.203 e. The molecule has 88 valence electrons. The Labute approximate surface area is 98.6 Å².